The van der Waals surface area contributed by atoms with E-state index in [4.69, 9.17) is 0 Å². The van der Waals surface area contributed by atoms with Gasteiger partial charge in [-0.25, -0.2) is 8.78 Å². The van der Waals surface area contributed by atoms with Crippen LogP contribution in [-0.4, -0.2) is 48.4 Å². The monoisotopic (exact) mass is 554 g/mol. The van der Waals surface area contributed by atoms with Gasteiger partial charge in [0.15, 0.2) is 0 Å². The minimum atomic E-state index is -4.27. The largest absolute Gasteiger partial charge is 1.00 e. The first kappa shape index (κ1) is 37.9. The van der Waals surface area contributed by atoms with Gasteiger partial charge in [-0.1, -0.05) is 79.9 Å². The van der Waals surface area contributed by atoms with Crippen LogP contribution < -0.4 is 0 Å². The van der Waals surface area contributed by atoms with Crippen molar-refractivity contribution in [2.24, 2.45) is 9.98 Å². The summed E-state index contributed by atoms with van der Waals surface area (Å²) in [6.07, 6.45) is -3.87. The Morgan fingerprint density at radius 3 is 1.35 bits per heavy atom. The molecule has 0 aliphatic carbocycles. The minimum absolute atomic E-state index is 0. The zero-order chi connectivity index (χ0) is 23.2. The fourth-order valence-electron chi connectivity index (χ4n) is 1.96. The van der Waals surface area contributed by atoms with Gasteiger partial charge >= 0.3 is 40.3 Å². The number of alkyl halides is 5. The molecule has 2 atom stereocenters. The average Bonchev–Trinajstić information content (AvgIpc) is 2.53. The predicted molar refractivity (Wildman–Crippen MR) is 113 cm³/mol. The second-order valence-electron chi connectivity index (χ2n) is 7.33. The quantitative estimate of drug-likeness (QED) is 0.122. The molecule has 0 N–H and O–H groups in total. The van der Waals surface area contributed by atoms with Crippen LogP contribution in [0, 0.1) is 0 Å². The molecule has 11 heteroatoms. The van der Waals surface area contributed by atoms with E-state index in [9.17, 15) is 22.0 Å². The van der Waals surface area contributed by atoms with Crippen LogP contribution >= 0.6 is 0 Å². The predicted octanol–water partition coefficient (Wildman–Crippen LogP) is 7.53. The summed E-state index contributed by atoms with van der Waals surface area (Å²) in [5.74, 6) is 0.882. The van der Waals surface area contributed by atoms with Crippen molar-refractivity contribution in [3.63, 3.8) is 0 Å². The van der Waals surface area contributed by atoms with Gasteiger partial charge < -0.3 is 20.6 Å². The maximum atomic E-state index is 12.2. The first-order chi connectivity index (χ1) is 13.2. The smallest absolute Gasteiger partial charge is 0.466 e. The van der Waals surface area contributed by atoms with Gasteiger partial charge in [-0.2, -0.15) is 13.2 Å². The fraction of sp³-hybridized carbons (Fsp3) is 0.900. The van der Waals surface area contributed by atoms with Crippen molar-refractivity contribution in [3.8, 4) is 0 Å². The van der Waals surface area contributed by atoms with E-state index in [1.54, 1.807) is 0 Å². The maximum Gasteiger partial charge on any atom is 1.00 e. The number of hydrogen-bond acceptors (Lipinski definition) is 2. The van der Waals surface area contributed by atoms with Crippen molar-refractivity contribution in [2.45, 2.75) is 118 Å². The van der Waals surface area contributed by atoms with E-state index >= 15 is 0 Å². The molecular weight excluding hydrogens is 518 g/mol. The van der Waals surface area contributed by atoms with Crippen LogP contribution in [0.3, 0.4) is 0 Å². The first-order valence-electron chi connectivity index (χ1n) is 10.1. The topological polar surface area (TPSA) is 52.9 Å². The molecule has 2 unspecified atom stereocenters. The Hall–Kier alpha value is -0.371. The zero-order valence-electron chi connectivity index (χ0n) is 19.5. The van der Waals surface area contributed by atoms with Gasteiger partial charge in [0, 0.05) is 6.04 Å². The van der Waals surface area contributed by atoms with Crippen molar-refractivity contribution in [1.29, 1.82) is 0 Å². The summed E-state index contributed by atoms with van der Waals surface area (Å²) in [5, 5.41) is 7.51. The molecule has 4 nitrogen and oxygen atoms in total. The van der Waals surface area contributed by atoms with Crippen LogP contribution in [0.4, 0.5) is 22.0 Å². The normalized spacial score (nSPS) is 14.3. The fourth-order valence-corrected chi connectivity index (χ4v) is 1.96. The van der Waals surface area contributed by atoms with Gasteiger partial charge in [0.1, 0.15) is 0 Å². The van der Waals surface area contributed by atoms with Crippen molar-refractivity contribution >= 4 is 11.7 Å². The first-order valence-corrected chi connectivity index (χ1v) is 10.1. The second-order valence-corrected chi connectivity index (χ2v) is 7.33. The number of hydrogen-bond donors (Lipinski definition) is 0. The van der Waals surface area contributed by atoms with E-state index in [0.29, 0.717) is 24.5 Å². The third-order valence-electron chi connectivity index (χ3n) is 3.30. The van der Waals surface area contributed by atoms with Gasteiger partial charge in [0.2, 0.25) is 6.43 Å². The molecule has 194 valence electrons. The van der Waals surface area contributed by atoms with Crippen LogP contribution in [-0.2, 0) is 34.1 Å². The standard InChI is InChI=1S/C10H18F3N2.C10H19F2N2.2Cu/c1-5-6-9(14-7(2)3)15-8(4)10(11,12)13;1-5-6-9(13-7(2)3)14-8(4)10(11)12;;/h7-8H,5-6H2,1-4H3;7-8,10H,5-6H2,1-4H3;;/q2*-1;2*+1. The molecule has 0 aromatic carbocycles. The SMILES string of the molecule is CCCC(=NC(C)C)[N-]C(C)C(F)(F)F.CCCC(=NC(C)C)[N-]C(C)C(F)F.[Cu+].[Cu+]. The third-order valence-corrected chi connectivity index (χ3v) is 3.30. The molecule has 0 spiro atoms. The number of halogens is 5. The van der Waals surface area contributed by atoms with Gasteiger partial charge in [0.25, 0.3) is 0 Å². The number of amidine groups is 2. The van der Waals surface area contributed by atoms with Crippen LogP contribution in [0.15, 0.2) is 9.98 Å². The summed E-state index contributed by atoms with van der Waals surface area (Å²) < 4.78 is 61.2. The Kier molecular flexibility index (Phi) is 24.8. The molecule has 0 aromatic heterocycles. The minimum Gasteiger partial charge on any atom is -0.466 e. The zero-order valence-corrected chi connectivity index (χ0v) is 21.4. The van der Waals surface area contributed by atoms with E-state index in [0.717, 1.165) is 19.8 Å². The number of nitrogens with zero attached hydrogens (tertiary/aromatic N) is 4. The summed E-state index contributed by atoms with van der Waals surface area (Å²) in [6, 6.07) is -2.51. The Morgan fingerprint density at radius 2 is 1.10 bits per heavy atom. The van der Waals surface area contributed by atoms with Crippen LogP contribution in [0.25, 0.3) is 10.6 Å². The van der Waals surface area contributed by atoms with Crippen molar-refractivity contribution in [3.05, 3.63) is 10.6 Å². The number of rotatable bonds is 9. The van der Waals surface area contributed by atoms with Crippen LogP contribution in [0.1, 0.15) is 81.1 Å². The van der Waals surface area contributed by atoms with E-state index in [-0.39, 0.29) is 46.2 Å². The summed E-state index contributed by atoms with van der Waals surface area (Å²) >= 11 is 0. The summed E-state index contributed by atoms with van der Waals surface area (Å²) in [7, 11) is 0. The summed E-state index contributed by atoms with van der Waals surface area (Å²) in [4.78, 5) is 8.28. The second kappa shape index (κ2) is 20.3. The van der Waals surface area contributed by atoms with Crippen LogP contribution in [0.5, 0.6) is 0 Å². The molecule has 0 heterocycles. The van der Waals surface area contributed by atoms with Crippen molar-refractivity contribution in [2.75, 3.05) is 0 Å². The molecule has 0 saturated carbocycles. The summed E-state index contributed by atoms with van der Waals surface area (Å²) in [6.45, 7) is 13.8. The van der Waals surface area contributed by atoms with Gasteiger partial charge in [0.05, 0.1) is 6.04 Å². The average molecular weight is 556 g/mol. The van der Waals surface area contributed by atoms with E-state index < -0.39 is 24.7 Å². The molecule has 0 fully saturated rings. The molecule has 0 aromatic rings. The third kappa shape index (κ3) is 22.6. The van der Waals surface area contributed by atoms with Crippen LogP contribution in [0.2, 0.25) is 0 Å². The molecule has 0 saturated heterocycles. The molecule has 0 aliphatic heterocycles. The summed E-state index contributed by atoms with van der Waals surface area (Å²) in [5.41, 5.74) is 0. The molecule has 0 bridgehead atoms. The number of aliphatic imine (C=N–C) groups is 2. The Bertz CT molecular complexity index is 485. The molecule has 0 radical (unpaired) electrons. The Morgan fingerprint density at radius 1 is 0.742 bits per heavy atom. The van der Waals surface area contributed by atoms with Gasteiger partial charge in [-0.05, 0) is 24.9 Å². The Balaban J connectivity index is -0.000000221. The maximum absolute atomic E-state index is 12.2. The van der Waals surface area contributed by atoms with E-state index in [1.165, 1.54) is 6.92 Å². The van der Waals surface area contributed by atoms with Crippen molar-refractivity contribution < 1.29 is 56.1 Å². The van der Waals surface area contributed by atoms with Gasteiger partial charge in [-0.3, -0.25) is 0 Å². The molecule has 0 amide bonds. The van der Waals surface area contributed by atoms with Crippen molar-refractivity contribution in [1.82, 2.24) is 0 Å². The van der Waals surface area contributed by atoms with E-state index in [2.05, 4.69) is 20.6 Å². The molecule has 0 aliphatic rings. The van der Waals surface area contributed by atoms with E-state index in [1.807, 2.05) is 41.5 Å². The molecule has 31 heavy (non-hydrogen) atoms. The molecule has 0 rings (SSSR count). The van der Waals surface area contributed by atoms with Gasteiger partial charge in [-0.15, -0.1) is 0 Å². The molecular formula is C20H37Cu2F5N4. The Labute approximate surface area is 206 Å².